The third kappa shape index (κ3) is 5.53. The summed E-state index contributed by atoms with van der Waals surface area (Å²) in [6, 6.07) is 25.9. The van der Waals surface area contributed by atoms with Crippen LogP contribution >= 0.6 is 0 Å². The summed E-state index contributed by atoms with van der Waals surface area (Å²) in [6.45, 7) is 5.38. The van der Waals surface area contributed by atoms with Gasteiger partial charge >= 0.3 is 10.1 Å². The fourth-order valence-electron chi connectivity index (χ4n) is 3.59. The van der Waals surface area contributed by atoms with E-state index >= 15 is 0 Å². The summed E-state index contributed by atoms with van der Waals surface area (Å²) in [5, 5.41) is 8.62. The summed E-state index contributed by atoms with van der Waals surface area (Å²) in [7, 11) is -3.98. The highest BCUT2D eigenvalue weighted by molar-refractivity contribution is 7.87. The second-order valence-electron chi connectivity index (χ2n) is 8.17. The van der Waals surface area contributed by atoms with Crippen molar-refractivity contribution in [3.8, 4) is 5.75 Å². The van der Waals surface area contributed by atoms with Gasteiger partial charge in [-0.3, -0.25) is 4.79 Å². The molecule has 0 amide bonds. The molecular formula is C28H24N2O4S. The standard InChI is InChI=1S/C28H24N2O4S/c1-19-13-15-24(16-14-19)35(32,33)34-28-20(2)17-23(18-21(28)3)29-30-26-12-8-7-11-25(26)27(31)22-9-5-4-6-10-22/h4-18H,1-3H3/b30-29+. The number of benzene rings is 4. The highest BCUT2D eigenvalue weighted by Gasteiger charge is 2.20. The molecule has 0 N–H and O–H groups in total. The number of nitrogens with zero attached hydrogens (tertiary/aromatic N) is 2. The molecule has 0 aliphatic rings. The molecule has 176 valence electrons. The number of hydrogen-bond donors (Lipinski definition) is 0. The number of hydrogen-bond acceptors (Lipinski definition) is 6. The van der Waals surface area contributed by atoms with Crippen LogP contribution in [0.25, 0.3) is 0 Å². The van der Waals surface area contributed by atoms with E-state index in [4.69, 9.17) is 4.18 Å². The zero-order valence-electron chi connectivity index (χ0n) is 19.6. The lowest BCUT2D eigenvalue weighted by Crippen LogP contribution is -2.11. The van der Waals surface area contributed by atoms with Crippen LogP contribution in [0.5, 0.6) is 5.75 Å². The SMILES string of the molecule is Cc1ccc(S(=O)(=O)Oc2c(C)cc(/N=N/c3ccccc3C(=O)c3ccccc3)cc2C)cc1. The molecule has 0 aromatic heterocycles. The first-order valence-corrected chi connectivity index (χ1v) is 12.4. The van der Waals surface area contributed by atoms with E-state index in [1.807, 2.05) is 25.1 Å². The molecule has 0 saturated heterocycles. The monoisotopic (exact) mass is 484 g/mol. The third-order valence-corrected chi connectivity index (χ3v) is 6.64. The number of azo groups is 1. The van der Waals surface area contributed by atoms with Gasteiger partial charge < -0.3 is 4.18 Å². The second kappa shape index (κ2) is 10.0. The Morgan fingerprint density at radius 2 is 1.34 bits per heavy atom. The van der Waals surface area contributed by atoms with E-state index in [1.165, 1.54) is 12.1 Å². The summed E-state index contributed by atoms with van der Waals surface area (Å²) >= 11 is 0. The van der Waals surface area contributed by atoms with Crippen LogP contribution in [0.1, 0.15) is 32.6 Å². The predicted molar refractivity (Wildman–Crippen MR) is 135 cm³/mol. The van der Waals surface area contributed by atoms with Crippen LogP contribution in [-0.2, 0) is 10.1 Å². The Balaban J connectivity index is 1.60. The van der Waals surface area contributed by atoms with Gasteiger partial charge in [-0.15, -0.1) is 5.11 Å². The number of aryl methyl sites for hydroxylation is 3. The summed E-state index contributed by atoms with van der Waals surface area (Å²) < 4.78 is 30.9. The average molecular weight is 485 g/mol. The van der Waals surface area contributed by atoms with Crippen molar-refractivity contribution >= 4 is 27.3 Å². The molecule has 0 radical (unpaired) electrons. The summed E-state index contributed by atoms with van der Waals surface area (Å²) in [4.78, 5) is 13.0. The van der Waals surface area contributed by atoms with Gasteiger partial charge in [0, 0.05) is 5.56 Å². The van der Waals surface area contributed by atoms with Crippen molar-refractivity contribution in [3.05, 3.63) is 119 Å². The molecule has 0 fully saturated rings. The summed E-state index contributed by atoms with van der Waals surface area (Å²) in [5.41, 5.74) is 4.13. The molecule has 0 unspecified atom stereocenters. The van der Waals surface area contributed by atoms with E-state index in [-0.39, 0.29) is 16.4 Å². The normalized spacial score (nSPS) is 11.5. The van der Waals surface area contributed by atoms with Crippen molar-refractivity contribution in [1.29, 1.82) is 0 Å². The van der Waals surface area contributed by atoms with Gasteiger partial charge in [-0.1, -0.05) is 60.2 Å². The molecule has 0 aliphatic carbocycles. The first kappa shape index (κ1) is 24.0. The van der Waals surface area contributed by atoms with E-state index in [2.05, 4.69) is 10.2 Å². The highest BCUT2D eigenvalue weighted by Crippen LogP contribution is 2.32. The van der Waals surface area contributed by atoms with Crippen molar-refractivity contribution in [2.45, 2.75) is 25.7 Å². The Morgan fingerprint density at radius 3 is 2.00 bits per heavy atom. The van der Waals surface area contributed by atoms with Crippen molar-refractivity contribution in [1.82, 2.24) is 0 Å². The van der Waals surface area contributed by atoms with Gasteiger partial charge in [-0.05, 0) is 68.3 Å². The van der Waals surface area contributed by atoms with E-state index in [1.54, 1.807) is 74.5 Å². The largest absolute Gasteiger partial charge is 0.378 e. The number of ketones is 1. The zero-order valence-corrected chi connectivity index (χ0v) is 20.4. The summed E-state index contributed by atoms with van der Waals surface area (Å²) in [6.07, 6.45) is 0. The molecule has 0 saturated carbocycles. The van der Waals surface area contributed by atoms with Crippen LogP contribution in [0.4, 0.5) is 11.4 Å². The maximum atomic E-state index is 12.9. The quantitative estimate of drug-likeness (QED) is 0.160. The minimum atomic E-state index is -3.98. The Kier molecular flexibility index (Phi) is 6.89. The fourth-order valence-corrected chi connectivity index (χ4v) is 4.64. The van der Waals surface area contributed by atoms with Crippen LogP contribution < -0.4 is 4.18 Å². The molecule has 0 atom stereocenters. The minimum absolute atomic E-state index is 0.0883. The zero-order chi connectivity index (χ0) is 25.0. The average Bonchev–Trinajstić information content (AvgIpc) is 2.85. The predicted octanol–water partition coefficient (Wildman–Crippen LogP) is 7.03. The van der Waals surface area contributed by atoms with Gasteiger partial charge in [0.1, 0.15) is 10.6 Å². The van der Waals surface area contributed by atoms with Crippen LogP contribution in [0.3, 0.4) is 0 Å². The maximum Gasteiger partial charge on any atom is 0.339 e. The number of rotatable bonds is 7. The first-order chi connectivity index (χ1) is 16.7. The van der Waals surface area contributed by atoms with Crippen molar-refractivity contribution < 1.29 is 17.4 Å². The van der Waals surface area contributed by atoms with Crippen LogP contribution in [0.15, 0.2) is 106 Å². The highest BCUT2D eigenvalue weighted by atomic mass is 32.2. The molecule has 7 heteroatoms. The fraction of sp³-hybridized carbons (Fsp3) is 0.107. The van der Waals surface area contributed by atoms with E-state index in [0.717, 1.165) is 5.56 Å². The number of carbonyl (C=O) groups is 1. The van der Waals surface area contributed by atoms with Gasteiger partial charge in [-0.2, -0.15) is 13.5 Å². The third-order valence-electron chi connectivity index (χ3n) is 5.41. The van der Waals surface area contributed by atoms with Gasteiger partial charge in [0.05, 0.1) is 16.9 Å². The molecule has 0 aliphatic heterocycles. The smallest absolute Gasteiger partial charge is 0.339 e. The minimum Gasteiger partial charge on any atom is -0.378 e. The van der Waals surface area contributed by atoms with Gasteiger partial charge in [0.15, 0.2) is 5.78 Å². The lowest BCUT2D eigenvalue weighted by atomic mass is 10.0. The lowest BCUT2D eigenvalue weighted by molar-refractivity contribution is 0.103. The molecule has 6 nitrogen and oxygen atoms in total. The van der Waals surface area contributed by atoms with E-state index in [0.29, 0.717) is 33.6 Å². The van der Waals surface area contributed by atoms with Crippen molar-refractivity contribution in [3.63, 3.8) is 0 Å². The van der Waals surface area contributed by atoms with Crippen LogP contribution in [0.2, 0.25) is 0 Å². The van der Waals surface area contributed by atoms with Gasteiger partial charge in [-0.25, -0.2) is 0 Å². The van der Waals surface area contributed by atoms with Crippen molar-refractivity contribution in [2.75, 3.05) is 0 Å². The van der Waals surface area contributed by atoms with E-state index < -0.39 is 10.1 Å². The lowest BCUT2D eigenvalue weighted by Gasteiger charge is -2.13. The Hall–Kier alpha value is -4.10. The van der Waals surface area contributed by atoms with Crippen LogP contribution in [0, 0.1) is 20.8 Å². The molecule has 0 spiro atoms. The molecular weight excluding hydrogens is 460 g/mol. The van der Waals surface area contributed by atoms with E-state index in [9.17, 15) is 13.2 Å². The molecule has 0 bridgehead atoms. The molecule has 4 aromatic carbocycles. The second-order valence-corrected chi connectivity index (χ2v) is 9.72. The maximum absolute atomic E-state index is 12.9. The molecule has 35 heavy (non-hydrogen) atoms. The first-order valence-electron chi connectivity index (χ1n) is 11.0. The molecule has 4 rings (SSSR count). The summed E-state index contributed by atoms with van der Waals surface area (Å²) in [5.74, 6) is 0.113. The topological polar surface area (TPSA) is 85.2 Å². The number of carbonyl (C=O) groups excluding carboxylic acids is 1. The van der Waals surface area contributed by atoms with Gasteiger partial charge in [0.25, 0.3) is 0 Å². The van der Waals surface area contributed by atoms with Crippen molar-refractivity contribution in [2.24, 2.45) is 10.2 Å². The Bertz CT molecular complexity index is 1490. The van der Waals surface area contributed by atoms with Crippen LogP contribution in [-0.4, -0.2) is 14.2 Å². The molecule has 4 aromatic rings. The van der Waals surface area contributed by atoms with Gasteiger partial charge in [0.2, 0.25) is 0 Å². The Labute approximate surface area is 205 Å². The molecule has 0 heterocycles. The Morgan fingerprint density at radius 1 is 0.743 bits per heavy atom.